The molecule has 1 aromatic heterocycles. The Balaban J connectivity index is 0.00000300. The number of hydrogen-bond donors (Lipinski definition) is 2. The van der Waals surface area contributed by atoms with Crippen LogP contribution in [0.1, 0.15) is 46.0 Å². The maximum atomic E-state index is 4.81. The fourth-order valence-corrected chi connectivity index (χ4v) is 4.03. The predicted molar refractivity (Wildman–Crippen MR) is 131 cm³/mol. The van der Waals surface area contributed by atoms with Gasteiger partial charge in [0.15, 0.2) is 5.96 Å². The molecule has 0 spiro atoms. The average Bonchev–Trinajstić information content (AvgIpc) is 2.74. The van der Waals surface area contributed by atoms with Crippen molar-refractivity contribution in [3.63, 3.8) is 0 Å². The molecule has 8 heteroatoms. The van der Waals surface area contributed by atoms with Crippen molar-refractivity contribution >= 4 is 35.9 Å². The molecule has 1 aromatic rings. The third-order valence-electron chi connectivity index (χ3n) is 5.81. The Kier molecular flexibility index (Phi) is 11.0. The minimum Gasteiger partial charge on any atom is -0.357 e. The highest BCUT2D eigenvalue weighted by Gasteiger charge is 2.19. The Morgan fingerprint density at radius 1 is 1.10 bits per heavy atom. The topological polar surface area (TPSA) is 68.7 Å². The molecule has 1 saturated heterocycles. The van der Waals surface area contributed by atoms with Gasteiger partial charge in [0, 0.05) is 64.2 Å². The van der Waals surface area contributed by atoms with E-state index in [0.717, 1.165) is 70.1 Å². The van der Waals surface area contributed by atoms with Crippen LogP contribution in [-0.4, -0.2) is 72.7 Å². The molecule has 2 aliphatic rings. The molecular formula is C21H38IN7. The second kappa shape index (κ2) is 13.2. The fourth-order valence-electron chi connectivity index (χ4n) is 4.03. The second-order valence-corrected chi connectivity index (χ2v) is 8.09. The molecule has 1 aliphatic heterocycles. The monoisotopic (exact) mass is 515 g/mol. The standard InChI is InChI=1S/C21H37N7.HI/c1-3-22-20(26-19-8-6-18(2)7-9-19)23-12-5-13-27-14-16-28(17-15-27)21-24-10-4-11-25-21;/h4,10-11,18-19H,3,5-9,12-17H2,1-2H3,(H2,22,23,26);1H. The second-order valence-electron chi connectivity index (χ2n) is 8.09. The van der Waals surface area contributed by atoms with E-state index in [2.05, 4.69) is 44.2 Å². The fraction of sp³-hybridized carbons (Fsp3) is 0.762. The summed E-state index contributed by atoms with van der Waals surface area (Å²) in [4.78, 5) is 18.3. The number of halogens is 1. The van der Waals surface area contributed by atoms with Crippen LogP contribution in [0.15, 0.2) is 23.5 Å². The molecule has 0 atom stereocenters. The summed E-state index contributed by atoms with van der Waals surface area (Å²) in [5.74, 6) is 2.73. The first kappa shape index (κ1) is 24.1. The Morgan fingerprint density at radius 3 is 2.45 bits per heavy atom. The van der Waals surface area contributed by atoms with Crippen molar-refractivity contribution in [2.24, 2.45) is 10.9 Å². The minimum atomic E-state index is 0. The Morgan fingerprint density at radius 2 is 1.79 bits per heavy atom. The first-order valence-electron chi connectivity index (χ1n) is 11.0. The molecule has 164 valence electrons. The number of hydrogen-bond acceptors (Lipinski definition) is 5. The van der Waals surface area contributed by atoms with Crippen molar-refractivity contribution in [2.45, 2.75) is 52.0 Å². The van der Waals surface area contributed by atoms with Gasteiger partial charge in [0.05, 0.1) is 0 Å². The summed E-state index contributed by atoms with van der Waals surface area (Å²) in [5.41, 5.74) is 0. The zero-order valence-corrected chi connectivity index (χ0v) is 20.3. The molecule has 1 aliphatic carbocycles. The highest BCUT2D eigenvalue weighted by molar-refractivity contribution is 14.0. The molecule has 29 heavy (non-hydrogen) atoms. The van der Waals surface area contributed by atoms with Crippen molar-refractivity contribution in [3.05, 3.63) is 18.5 Å². The molecule has 2 N–H and O–H groups in total. The summed E-state index contributed by atoms with van der Waals surface area (Å²) in [6.45, 7) is 11.5. The highest BCUT2D eigenvalue weighted by Crippen LogP contribution is 2.23. The quantitative estimate of drug-likeness (QED) is 0.252. The van der Waals surface area contributed by atoms with Crippen molar-refractivity contribution < 1.29 is 0 Å². The van der Waals surface area contributed by atoms with E-state index in [4.69, 9.17) is 4.99 Å². The third-order valence-corrected chi connectivity index (χ3v) is 5.81. The van der Waals surface area contributed by atoms with Gasteiger partial charge in [0.2, 0.25) is 5.95 Å². The van der Waals surface area contributed by atoms with Crippen molar-refractivity contribution in [2.75, 3.05) is 50.7 Å². The molecule has 0 amide bonds. The number of guanidine groups is 1. The van der Waals surface area contributed by atoms with Crippen LogP contribution in [0, 0.1) is 5.92 Å². The van der Waals surface area contributed by atoms with E-state index in [1.165, 1.54) is 25.7 Å². The van der Waals surface area contributed by atoms with Gasteiger partial charge in [-0.15, -0.1) is 24.0 Å². The van der Waals surface area contributed by atoms with E-state index >= 15 is 0 Å². The van der Waals surface area contributed by atoms with Crippen LogP contribution in [-0.2, 0) is 0 Å². The lowest BCUT2D eigenvalue weighted by Crippen LogP contribution is -2.47. The van der Waals surface area contributed by atoms with Gasteiger partial charge in [0.1, 0.15) is 0 Å². The van der Waals surface area contributed by atoms with Crippen LogP contribution >= 0.6 is 24.0 Å². The van der Waals surface area contributed by atoms with Crippen molar-refractivity contribution in [1.82, 2.24) is 25.5 Å². The van der Waals surface area contributed by atoms with Gasteiger partial charge in [-0.2, -0.15) is 0 Å². The van der Waals surface area contributed by atoms with Crippen molar-refractivity contribution in [3.8, 4) is 0 Å². The summed E-state index contributed by atoms with van der Waals surface area (Å²) in [5, 5.41) is 7.05. The number of nitrogens with zero attached hydrogens (tertiary/aromatic N) is 5. The van der Waals surface area contributed by atoms with Gasteiger partial charge in [-0.1, -0.05) is 6.92 Å². The van der Waals surface area contributed by atoms with Gasteiger partial charge in [-0.25, -0.2) is 9.97 Å². The van der Waals surface area contributed by atoms with Gasteiger partial charge >= 0.3 is 0 Å². The number of anilines is 1. The number of nitrogens with one attached hydrogen (secondary N) is 2. The van der Waals surface area contributed by atoms with E-state index in [1.807, 2.05) is 18.5 Å². The number of aliphatic imine (C=N–C) groups is 1. The van der Waals surface area contributed by atoms with Gasteiger partial charge < -0.3 is 15.5 Å². The first-order chi connectivity index (χ1) is 13.7. The van der Waals surface area contributed by atoms with Crippen LogP contribution in [0.4, 0.5) is 5.95 Å². The average molecular weight is 515 g/mol. The molecule has 2 fully saturated rings. The van der Waals surface area contributed by atoms with Gasteiger partial charge in [0.25, 0.3) is 0 Å². The van der Waals surface area contributed by atoms with Crippen LogP contribution in [0.3, 0.4) is 0 Å². The normalized spacial score (nSPS) is 23.4. The van der Waals surface area contributed by atoms with Crippen LogP contribution in [0.2, 0.25) is 0 Å². The Bertz CT molecular complexity index is 582. The lowest BCUT2D eigenvalue weighted by molar-refractivity contribution is 0.255. The van der Waals surface area contributed by atoms with Crippen LogP contribution in [0.25, 0.3) is 0 Å². The van der Waals surface area contributed by atoms with Gasteiger partial charge in [-0.3, -0.25) is 9.89 Å². The smallest absolute Gasteiger partial charge is 0.225 e. The lowest BCUT2D eigenvalue weighted by Gasteiger charge is -2.34. The summed E-state index contributed by atoms with van der Waals surface area (Å²) in [6, 6.07) is 2.45. The van der Waals surface area contributed by atoms with Crippen molar-refractivity contribution in [1.29, 1.82) is 0 Å². The molecule has 2 heterocycles. The van der Waals surface area contributed by atoms with E-state index in [0.29, 0.717) is 6.04 Å². The maximum Gasteiger partial charge on any atom is 0.225 e. The maximum absolute atomic E-state index is 4.81. The van der Waals surface area contributed by atoms with Crippen LogP contribution in [0.5, 0.6) is 0 Å². The first-order valence-corrected chi connectivity index (χ1v) is 11.0. The summed E-state index contributed by atoms with van der Waals surface area (Å²) in [6.07, 6.45) is 9.92. The molecular weight excluding hydrogens is 477 g/mol. The molecule has 3 rings (SSSR count). The molecule has 0 bridgehead atoms. The molecule has 1 saturated carbocycles. The Hall–Kier alpha value is -1.16. The zero-order chi connectivity index (χ0) is 19.6. The highest BCUT2D eigenvalue weighted by atomic mass is 127. The molecule has 0 radical (unpaired) electrons. The third kappa shape index (κ3) is 8.24. The SMILES string of the molecule is CCNC(=NCCCN1CCN(c2ncccn2)CC1)NC1CCC(C)CC1.I. The van der Waals surface area contributed by atoms with E-state index in [1.54, 1.807) is 0 Å². The van der Waals surface area contributed by atoms with Gasteiger partial charge in [-0.05, 0) is 51.0 Å². The zero-order valence-electron chi connectivity index (χ0n) is 18.0. The van der Waals surface area contributed by atoms with E-state index in [9.17, 15) is 0 Å². The Labute approximate surface area is 193 Å². The predicted octanol–water partition coefficient (Wildman–Crippen LogP) is 2.74. The number of piperazine rings is 1. The summed E-state index contributed by atoms with van der Waals surface area (Å²) in [7, 11) is 0. The minimum absolute atomic E-state index is 0. The van der Waals surface area contributed by atoms with E-state index < -0.39 is 0 Å². The van der Waals surface area contributed by atoms with Crippen LogP contribution < -0.4 is 15.5 Å². The molecule has 0 aromatic carbocycles. The largest absolute Gasteiger partial charge is 0.357 e. The lowest BCUT2D eigenvalue weighted by atomic mass is 9.87. The molecule has 7 nitrogen and oxygen atoms in total. The summed E-state index contributed by atoms with van der Waals surface area (Å²) >= 11 is 0. The number of aromatic nitrogens is 2. The summed E-state index contributed by atoms with van der Waals surface area (Å²) < 4.78 is 0. The van der Waals surface area contributed by atoms with E-state index in [-0.39, 0.29) is 24.0 Å². The molecule has 0 unspecified atom stereocenters. The number of rotatable bonds is 7.